The zero-order chi connectivity index (χ0) is 17.8. The zero-order valence-electron chi connectivity index (χ0n) is 13.4. The Morgan fingerprint density at radius 3 is 2.40 bits per heavy atom. The summed E-state index contributed by atoms with van der Waals surface area (Å²) in [5.74, 6) is -0.377. The van der Waals surface area contributed by atoms with E-state index in [2.05, 4.69) is 9.97 Å². The first-order valence-corrected chi connectivity index (χ1v) is 8.58. The lowest BCUT2D eigenvalue weighted by molar-refractivity contribution is 0.0690. The molecule has 126 valence electrons. The predicted molar refractivity (Wildman–Crippen MR) is 95.1 cm³/mol. The minimum atomic E-state index is -1.06. The SMILES string of the molecule is Cc1nc(-c2ccccc2)nc(SCc2ccc(F)cc2)c1C(=O)O. The molecule has 0 radical (unpaired) electrons. The summed E-state index contributed by atoms with van der Waals surface area (Å²) in [4.78, 5) is 20.4. The molecule has 0 aliphatic heterocycles. The van der Waals surface area contributed by atoms with Crippen molar-refractivity contribution in [1.29, 1.82) is 0 Å². The molecule has 6 heteroatoms. The zero-order valence-corrected chi connectivity index (χ0v) is 14.3. The van der Waals surface area contributed by atoms with Gasteiger partial charge in [0.15, 0.2) is 5.82 Å². The van der Waals surface area contributed by atoms with E-state index in [4.69, 9.17) is 0 Å². The van der Waals surface area contributed by atoms with Gasteiger partial charge in [-0.3, -0.25) is 0 Å². The normalized spacial score (nSPS) is 10.6. The van der Waals surface area contributed by atoms with Crippen LogP contribution in [0.4, 0.5) is 4.39 Å². The van der Waals surface area contributed by atoms with Gasteiger partial charge in [0.25, 0.3) is 0 Å². The van der Waals surface area contributed by atoms with Crippen molar-refractivity contribution in [2.45, 2.75) is 17.7 Å². The highest BCUT2D eigenvalue weighted by Gasteiger charge is 2.19. The number of hydrogen-bond donors (Lipinski definition) is 1. The number of carboxylic acids is 1. The third-order valence-electron chi connectivity index (χ3n) is 3.59. The molecule has 0 aliphatic rings. The predicted octanol–water partition coefficient (Wildman–Crippen LogP) is 4.58. The maximum Gasteiger partial charge on any atom is 0.340 e. The first-order chi connectivity index (χ1) is 12.0. The van der Waals surface area contributed by atoms with Crippen molar-refractivity contribution < 1.29 is 14.3 Å². The van der Waals surface area contributed by atoms with Crippen molar-refractivity contribution in [1.82, 2.24) is 9.97 Å². The number of benzene rings is 2. The number of rotatable bonds is 5. The minimum absolute atomic E-state index is 0.104. The minimum Gasteiger partial charge on any atom is -0.478 e. The van der Waals surface area contributed by atoms with Gasteiger partial charge in [-0.05, 0) is 24.6 Å². The number of halogens is 1. The molecule has 0 fully saturated rings. The van der Waals surface area contributed by atoms with E-state index in [0.717, 1.165) is 11.1 Å². The highest BCUT2D eigenvalue weighted by Crippen LogP contribution is 2.28. The van der Waals surface area contributed by atoms with E-state index in [0.29, 0.717) is 22.3 Å². The van der Waals surface area contributed by atoms with Crippen molar-refractivity contribution in [3.8, 4) is 11.4 Å². The molecule has 25 heavy (non-hydrogen) atoms. The largest absolute Gasteiger partial charge is 0.478 e. The second-order valence-corrected chi connectivity index (χ2v) is 6.36. The first-order valence-electron chi connectivity index (χ1n) is 7.59. The molecule has 1 N–H and O–H groups in total. The summed E-state index contributed by atoms with van der Waals surface area (Å²) < 4.78 is 13.0. The van der Waals surface area contributed by atoms with Crippen LogP contribution in [0.1, 0.15) is 21.6 Å². The van der Waals surface area contributed by atoms with Crippen LogP contribution in [0, 0.1) is 12.7 Å². The van der Waals surface area contributed by atoms with Gasteiger partial charge >= 0.3 is 5.97 Å². The van der Waals surface area contributed by atoms with Crippen LogP contribution in [-0.4, -0.2) is 21.0 Å². The number of nitrogens with zero attached hydrogens (tertiary/aromatic N) is 2. The summed E-state index contributed by atoms with van der Waals surface area (Å²) in [6.45, 7) is 1.67. The summed E-state index contributed by atoms with van der Waals surface area (Å²) in [5.41, 5.74) is 2.24. The number of carboxylic acid groups (broad SMARTS) is 1. The Morgan fingerprint density at radius 2 is 1.76 bits per heavy atom. The second kappa shape index (κ2) is 7.44. The third-order valence-corrected chi connectivity index (χ3v) is 4.64. The van der Waals surface area contributed by atoms with Gasteiger partial charge in [-0.25, -0.2) is 19.2 Å². The Kier molecular flexibility index (Phi) is 5.09. The summed E-state index contributed by atoms with van der Waals surface area (Å²) >= 11 is 1.30. The molecule has 0 saturated carbocycles. The van der Waals surface area contributed by atoms with Crippen LogP contribution in [0.2, 0.25) is 0 Å². The van der Waals surface area contributed by atoms with E-state index in [1.54, 1.807) is 19.1 Å². The summed E-state index contributed by atoms with van der Waals surface area (Å²) in [6, 6.07) is 15.5. The van der Waals surface area contributed by atoms with Gasteiger partial charge in [-0.2, -0.15) is 0 Å². The molecule has 0 unspecified atom stereocenters. The average molecular weight is 354 g/mol. The fraction of sp³-hybridized carbons (Fsp3) is 0.105. The molecule has 0 atom stereocenters. The Morgan fingerprint density at radius 1 is 1.08 bits per heavy atom. The fourth-order valence-electron chi connectivity index (χ4n) is 2.35. The third kappa shape index (κ3) is 4.03. The maximum absolute atomic E-state index is 13.0. The highest BCUT2D eigenvalue weighted by molar-refractivity contribution is 7.98. The smallest absolute Gasteiger partial charge is 0.340 e. The molecule has 1 heterocycles. The number of thioether (sulfide) groups is 1. The average Bonchev–Trinajstić information content (AvgIpc) is 2.61. The maximum atomic E-state index is 13.0. The van der Waals surface area contributed by atoms with Crippen molar-refractivity contribution in [2.75, 3.05) is 0 Å². The second-order valence-electron chi connectivity index (χ2n) is 5.40. The lowest BCUT2D eigenvalue weighted by atomic mass is 10.2. The molecule has 3 rings (SSSR count). The van der Waals surface area contributed by atoms with E-state index < -0.39 is 5.97 Å². The van der Waals surface area contributed by atoms with Gasteiger partial charge in [0.1, 0.15) is 16.4 Å². The molecule has 0 amide bonds. The number of aromatic nitrogens is 2. The Hall–Kier alpha value is -2.73. The molecular formula is C19H15FN2O2S. The number of carbonyl (C=O) groups is 1. The van der Waals surface area contributed by atoms with Gasteiger partial charge < -0.3 is 5.11 Å². The molecule has 0 bridgehead atoms. The Balaban J connectivity index is 1.96. The van der Waals surface area contributed by atoms with E-state index in [1.807, 2.05) is 30.3 Å². The lowest BCUT2D eigenvalue weighted by Gasteiger charge is -2.10. The highest BCUT2D eigenvalue weighted by atomic mass is 32.2. The lowest BCUT2D eigenvalue weighted by Crippen LogP contribution is -2.08. The number of hydrogen-bond acceptors (Lipinski definition) is 4. The Bertz CT molecular complexity index is 899. The van der Waals surface area contributed by atoms with Crippen LogP contribution in [-0.2, 0) is 5.75 Å². The quantitative estimate of drug-likeness (QED) is 0.537. The topological polar surface area (TPSA) is 63.1 Å². The van der Waals surface area contributed by atoms with Crippen LogP contribution < -0.4 is 0 Å². The van der Waals surface area contributed by atoms with Crippen LogP contribution >= 0.6 is 11.8 Å². The van der Waals surface area contributed by atoms with Crippen LogP contribution in [0.15, 0.2) is 59.6 Å². The number of aryl methyl sites for hydroxylation is 1. The van der Waals surface area contributed by atoms with Gasteiger partial charge in [0.2, 0.25) is 0 Å². The van der Waals surface area contributed by atoms with Crippen molar-refractivity contribution in [3.05, 3.63) is 77.2 Å². The van der Waals surface area contributed by atoms with Crippen LogP contribution in [0.5, 0.6) is 0 Å². The van der Waals surface area contributed by atoms with E-state index >= 15 is 0 Å². The molecule has 3 aromatic rings. The van der Waals surface area contributed by atoms with Crippen molar-refractivity contribution in [3.63, 3.8) is 0 Å². The molecule has 0 spiro atoms. The molecule has 4 nitrogen and oxygen atoms in total. The van der Waals surface area contributed by atoms with Crippen LogP contribution in [0.25, 0.3) is 11.4 Å². The van der Waals surface area contributed by atoms with E-state index in [1.165, 1.54) is 23.9 Å². The van der Waals surface area contributed by atoms with Gasteiger partial charge in [0.05, 0.1) is 5.69 Å². The molecular weight excluding hydrogens is 339 g/mol. The van der Waals surface area contributed by atoms with E-state index in [-0.39, 0.29) is 11.4 Å². The van der Waals surface area contributed by atoms with Crippen LogP contribution in [0.3, 0.4) is 0 Å². The first kappa shape index (κ1) is 17.1. The molecule has 2 aromatic carbocycles. The van der Waals surface area contributed by atoms with Gasteiger partial charge in [-0.15, -0.1) is 11.8 Å². The van der Waals surface area contributed by atoms with Crippen molar-refractivity contribution >= 4 is 17.7 Å². The summed E-state index contributed by atoms with van der Waals surface area (Å²) in [7, 11) is 0. The molecule has 1 aromatic heterocycles. The monoisotopic (exact) mass is 354 g/mol. The number of aromatic carboxylic acids is 1. The fourth-order valence-corrected chi connectivity index (χ4v) is 3.37. The van der Waals surface area contributed by atoms with Gasteiger partial charge in [-0.1, -0.05) is 42.5 Å². The summed E-state index contributed by atoms with van der Waals surface area (Å²) in [6.07, 6.45) is 0. The summed E-state index contributed by atoms with van der Waals surface area (Å²) in [5, 5.41) is 9.90. The molecule has 0 saturated heterocycles. The van der Waals surface area contributed by atoms with E-state index in [9.17, 15) is 14.3 Å². The standard InChI is InChI=1S/C19H15FN2O2S/c1-12-16(19(23)24)18(25-11-13-7-9-15(20)10-8-13)22-17(21-12)14-5-3-2-4-6-14/h2-10H,11H2,1H3,(H,23,24). The Labute approximate surface area is 148 Å². The van der Waals surface area contributed by atoms with Gasteiger partial charge in [0, 0.05) is 11.3 Å². The molecule has 0 aliphatic carbocycles. The van der Waals surface area contributed by atoms with Crippen molar-refractivity contribution in [2.24, 2.45) is 0 Å².